The van der Waals surface area contributed by atoms with Gasteiger partial charge in [-0.3, -0.25) is 5.10 Å². The van der Waals surface area contributed by atoms with Gasteiger partial charge in [0.25, 0.3) is 0 Å². The van der Waals surface area contributed by atoms with E-state index in [2.05, 4.69) is 57.6 Å². The number of benzene rings is 1. The number of nitrogens with one attached hydrogen (secondary N) is 1. The van der Waals surface area contributed by atoms with E-state index in [0.29, 0.717) is 24.7 Å². The van der Waals surface area contributed by atoms with E-state index < -0.39 is 0 Å². The van der Waals surface area contributed by atoms with Crippen LogP contribution in [-0.2, 0) is 13.0 Å². The number of aromatic nitrogens is 4. The van der Waals surface area contributed by atoms with Crippen LogP contribution in [0.1, 0.15) is 24.1 Å². The largest absolute Gasteiger partial charge is 0.395 e. The van der Waals surface area contributed by atoms with Gasteiger partial charge in [0.15, 0.2) is 5.65 Å². The second kappa shape index (κ2) is 8.28. The second-order valence-corrected chi connectivity index (χ2v) is 7.81. The molecule has 3 aromatic rings. The molecule has 0 amide bonds. The molecule has 0 atom stereocenters. The smallest absolute Gasteiger partial charge is 0.229 e. The molecule has 0 bridgehead atoms. The minimum absolute atomic E-state index is 0.0489. The molecule has 2 aromatic heterocycles. The van der Waals surface area contributed by atoms with Crippen molar-refractivity contribution in [3.63, 3.8) is 0 Å². The van der Waals surface area contributed by atoms with E-state index in [-0.39, 0.29) is 6.61 Å². The zero-order valence-electron chi connectivity index (χ0n) is 17.0. The number of aliphatic hydroxyl groups is 1. The molecule has 0 spiro atoms. The lowest BCUT2D eigenvalue weighted by molar-refractivity contribution is 0.302. The minimum atomic E-state index is 0.0489. The van der Waals surface area contributed by atoms with E-state index in [9.17, 15) is 5.11 Å². The average Bonchev–Trinajstić information content (AvgIpc) is 3.21. The molecule has 1 aliphatic carbocycles. The van der Waals surface area contributed by atoms with Gasteiger partial charge in [-0.05, 0) is 24.0 Å². The first-order chi connectivity index (χ1) is 14.8. The summed E-state index contributed by atoms with van der Waals surface area (Å²) in [5, 5.41) is 18.3. The maximum Gasteiger partial charge on any atom is 0.229 e. The molecule has 0 saturated carbocycles. The summed E-state index contributed by atoms with van der Waals surface area (Å²) < 4.78 is 0. The monoisotopic (exact) mass is 402 g/mol. The molecule has 154 valence electrons. The normalized spacial score (nSPS) is 15.5. The van der Waals surface area contributed by atoms with E-state index in [0.717, 1.165) is 49.2 Å². The first kappa shape index (κ1) is 18.8. The van der Waals surface area contributed by atoms with Crippen molar-refractivity contribution in [1.29, 1.82) is 0 Å². The lowest BCUT2D eigenvalue weighted by Gasteiger charge is -2.30. The van der Waals surface area contributed by atoms with E-state index >= 15 is 0 Å². The molecular formula is C23H26N6O. The third kappa shape index (κ3) is 3.68. The molecule has 7 heteroatoms. The molecule has 0 fully saturated rings. The van der Waals surface area contributed by atoms with Gasteiger partial charge in [-0.25, -0.2) is 0 Å². The summed E-state index contributed by atoms with van der Waals surface area (Å²) in [4.78, 5) is 14.1. The number of aromatic amines is 1. The van der Waals surface area contributed by atoms with Crippen LogP contribution in [0.15, 0.2) is 54.1 Å². The zero-order valence-corrected chi connectivity index (χ0v) is 17.0. The summed E-state index contributed by atoms with van der Waals surface area (Å²) >= 11 is 0. The molecule has 0 saturated heterocycles. The van der Waals surface area contributed by atoms with Crippen molar-refractivity contribution in [3.05, 3.63) is 65.4 Å². The fourth-order valence-corrected chi connectivity index (χ4v) is 4.19. The van der Waals surface area contributed by atoms with E-state index in [1.807, 2.05) is 11.0 Å². The topological polar surface area (TPSA) is 81.2 Å². The summed E-state index contributed by atoms with van der Waals surface area (Å²) in [6.07, 6.45) is 9.64. The Kier molecular flexibility index (Phi) is 5.19. The number of aliphatic hydroxyl groups excluding tert-OH is 1. The van der Waals surface area contributed by atoms with Crippen molar-refractivity contribution in [2.24, 2.45) is 0 Å². The van der Waals surface area contributed by atoms with Gasteiger partial charge in [-0.2, -0.15) is 15.1 Å². The second-order valence-electron chi connectivity index (χ2n) is 7.81. The first-order valence-electron chi connectivity index (χ1n) is 10.6. The maximum absolute atomic E-state index is 9.66. The Morgan fingerprint density at radius 2 is 2.03 bits per heavy atom. The average molecular weight is 403 g/mol. The fourth-order valence-electron chi connectivity index (χ4n) is 4.19. The van der Waals surface area contributed by atoms with Crippen molar-refractivity contribution < 1.29 is 5.11 Å². The number of allylic oxidation sites excluding steroid dienone is 2. The fraction of sp³-hybridized carbons (Fsp3) is 0.348. The van der Waals surface area contributed by atoms with Crippen LogP contribution in [0.4, 0.5) is 11.8 Å². The third-order valence-electron chi connectivity index (χ3n) is 5.70. The third-order valence-corrected chi connectivity index (χ3v) is 5.70. The SMILES string of the molecule is OCCN(CC1=CCCC=C1)c1nc2c3c([nH]nc3n1)CCN2Cc1ccccc1. The van der Waals surface area contributed by atoms with Crippen LogP contribution in [-0.4, -0.2) is 51.5 Å². The zero-order chi connectivity index (χ0) is 20.3. The van der Waals surface area contributed by atoms with Gasteiger partial charge < -0.3 is 14.9 Å². The van der Waals surface area contributed by atoms with Gasteiger partial charge >= 0.3 is 0 Å². The Morgan fingerprint density at radius 1 is 1.13 bits per heavy atom. The maximum atomic E-state index is 9.66. The van der Waals surface area contributed by atoms with E-state index in [4.69, 9.17) is 9.97 Å². The molecule has 30 heavy (non-hydrogen) atoms. The molecule has 1 aromatic carbocycles. The van der Waals surface area contributed by atoms with Crippen molar-refractivity contribution >= 4 is 22.8 Å². The van der Waals surface area contributed by atoms with Gasteiger partial charge in [-0.15, -0.1) is 0 Å². The van der Waals surface area contributed by atoms with Crippen LogP contribution in [0.25, 0.3) is 11.0 Å². The van der Waals surface area contributed by atoms with Gasteiger partial charge in [0.2, 0.25) is 5.95 Å². The quantitative estimate of drug-likeness (QED) is 0.632. The predicted molar refractivity (Wildman–Crippen MR) is 119 cm³/mol. The Hall–Kier alpha value is -3.19. The molecule has 1 aliphatic heterocycles. The highest BCUT2D eigenvalue weighted by atomic mass is 16.3. The molecule has 0 unspecified atom stereocenters. The van der Waals surface area contributed by atoms with Crippen molar-refractivity contribution in [2.75, 3.05) is 36.0 Å². The summed E-state index contributed by atoms with van der Waals surface area (Å²) in [6, 6.07) is 10.5. The van der Waals surface area contributed by atoms with Crippen LogP contribution in [0, 0.1) is 0 Å². The van der Waals surface area contributed by atoms with Crippen molar-refractivity contribution in [2.45, 2.75) is 25.8 Å². The first-order valence-corrected chi connectivity index (χ1v) is 10.6. The molecular weight excluding hydrogens is 376 g/mol. The Labute approximate surface area is 175 Å². The number of H-pyrrole nitrogens is 1. The van der Waals surface area contributed by atoms with E-state index in [1.165, 1.54) is 11.1 Å². The summed E-state index contributed by atoms with van der Waals surface area (Å²) in [7, 11) is 0. The van der Waals surface area contributed by atoms with Crippen LogP contribution < -0.4 is 9.80 Å². The number of hydrogen-bond donors (Lipinski definition) is 2. The Morgan fingerprint density at radius 3 is 2.83 bits per heavy atom. The highest BCUT2D eigenvalue weighted by Gasteiger charge is 2.26. The minimum Gasteiger partial charge on any atom is -0.395 e. The number of nitrogens with zero attached hydrogens (tertiary/aromatic N) is 5. The predicted octanol–water partition coefficient (Wildman–Crippen LogP) is 2.99. The Balaban J connectivity index is 1.52. The lowest BCUT2D eigenvalue weighted by Crippen LogP contribution is -2.33. The van der Waals surface area contributed by atoms with E-state index in [1.54, 1.807) is 0 Å². The highest BCUT2D eigenvalue weighted by molar-refractivity contribution is 5.91. The number of anilines is 2. The highest BCUT2D eigenvalue weighted by Crippen LogP contribution is 2.33. The van der Waals surface area contributed by atoms with Crippen molar-refractivity contribution in [3.8, 4) is 0 Å². The summed E-state index contributed by atoms with van der Waals surface area (Å²) in [6.45, 7) is 2.88. The Bertz CT molecular complexity index is 1090. The number of hydrogen-bond acceptors (Lipinski definition) is 6. The van der Waals surface area contributed by atoms with Crippen LogP contribution in [0.3, 0.4) is 0 Å². The van der Waals surface area contributed by atoms with Crippen molar-refractivity contribution in [1.82, 2.24) is 20.2 Å². The molecule has 3 heterocycles. The molecule has 7 nitrogen and oxygen atoms in total. The van der Waals surface area contributed by atoms with Gasteiger partial charge in [0, 0.05) is 32.6 Å². The molecule has 5 rings (SSSR count). The summed E-state index contributed by atoms with van der Waals surface area (Å²) in [5.41, 5.74) is 4.28. The van der Waals surface area contributed by atoms with Gasteiger partial charge in [0.05, 0.1) is 17.7 Å². The molecule has 0 radical (unpaired) electrons. The standard InChI is InChI=1S/C23H26N6O/c30-14-13-29(16-18-9-5-2-6-10-18)23-24-21-20-19(26-27-21)11-12-28(22(20)25-23)15-17-7-3-1-4-8-17/h1,3-5,7-10,30H,2,6,11-16H2,(H,24,25,26,27). The summed E-state index contributed by atoms with van der Waals surface area (Å²) in [5.74, 6) is 1.54. The molecule has 2 N–H and O–H groups in total. The molecule has 2 aliphatic rings. The van der Waals surface area contributed by atoms with Crippen LogP contribution >= 0.6 is 0 Å². The lowest BCUT2D eigenvalue weighted by atomic mass is 10.1. The van der Waals surface area contributed by atoms with Gasteiger partial charge in [-0.1, -0.05) is 48.6 Å². The van der Waals surface area contributed by atoms with Crippen LogP contribution in [0.5, 0.6) is 0 Å². The number of rotatable bonds is 7. The van der Waals surface area contributed by atoms with Gasteiger partial charge in [0.1, 0.15) is 5.82 Å². The van der Waals surface area contributed by atoms with Crippen LogP contribution in [0.2, 0.25) is 0 Å².